The fourth-order valence-electron chi connectivity index (χ4n) is 2.20. The third-order valence-corrected chi connectivity index (χ3v) is 5.18. The largest absolute Gasteiger partial charge is 0.453 e. The molecule has 1 rings (SSSR count). The SMILES string of the molecule is COC(=O)NC(=O)[C@H](C)OC(=O)[C@H](CC(C)C)NS(=O)(=O)c1ccc(C)cc1. The van der Waals surface area contributed by atoms with Crippen LogP contribution in [0, 0.1) is 12.8 Å². The van der Waals surface area contributed by atoms with E-state index in [9.17, 15) is 22.8 Å². The van der Waals surface area contributed by atoms with Gasteiger partial charge < -0.3 is 9.47 Å². The van der Waals surface area contributed by atoms with Crippen molar-refractivity contribution in [1.29, 1.82) is 0 Å². The van der Waals surface area contributed by atoms with Crippen LogP contribution in [0.5, 0.6) is 0 Å². The van der Waals surface area contributed by atoms with E-state index in [0.717, 1.165) is 12.7 Å². The zero-order chi connectivity index (χ0) is 21.5. The average molecular weight is 414 g/mol. The van der Waals surface area contributed by atoms with E-state index in [2.05, 4.69) is 9.46 Å². The number of esters is 1. The number of rotatable bonds is 8. The van der Waals surface area contributed by atoms with Crippen molar-refractivity contribution < 1.29 is 32.3 Å². The van der Waals surface area contributed by atoms with Gasteiger partial charge in [-0.15, -0.1) is 0 Å². The van der Waals surface area contributed by atoms with Crippen LogP contribution in [0.2, 0.25) is 0 Å². The number of methoxy groups -OCH3 is 1. The summed E-state index contributed by atoms with van der Waals surface area (Å²) in [4.78, 5) is 35.4. The molecular weight excluding hydrogens is 388 g/mol. The van der Waals surface area contributed by atoms with Gasteiger partial charge in [0.05, 0.1) is 12.0 Å². The number of benzene rings is 1. The van der Waals surface area contributed by atoms with Gasteiger partial charge in [-0.2, -0.15) is 4.72 Å². The molecule has 0 bridgehead atoms. The molecule has 2 amide bonds. The van der Waals surface area contributed by atoms with E-state index in [0.29, 0.717) is 0 Å². The van der Waals surface area contributed by atoms with Gasteiger partial charge in [0.15, 0.2) is 6.10 Å². The molecule has 0 unspecified atom stereocenters. The lowest BCUT2D eigenvalue weighted by Gasteiger charge is -2.21. The molecule has 0 aromatic heterocycles. The second kappa shape index (κ2) is 10.2. The van der Waals surface area contributed by atoms with Gasteiger partial charge in [-0.3, -0.25) is 14.9 Å². The second-order valence-corrected chi connectivity index (χ2v) is 8.39. The van der Waals surface area contributed by atoms with Crippen molar-refractivity contribution in [3.05, 3.63) is 29.8 Å². The van der Waals surface area contributed by atoms with Crippen molar-refractivity contribution in [2.75, 3.05) is 7.11 Å². The number of carbonyl (C=O) groups excluding carboxylic acids is 3. The smallest absolute Gasteiger partial charge is 0.413 e. The van der Waals surface area contributed by atoms with E-state index in [-0.39, 0.29) is 17.2 Å². The van der Waals surface area contributed by atoms with E-state index < -0.39 is 40.1 Å². The van der Waals surface area contributed by atoms with Crippen LogP contribution >= 0.6 is 0 Å². The molecule has 0 aliphatic heterocycles. The number of aryl methyl sites for hydroxylation is 1. The first-order valence-corrected chi connectivity index (χ1v) is 10.1. The van der Waals surface area contributed by atoms with Crippen molar-refractivity contribution in [1.82, 2.24) is 10.0 Å². The zero-order valence-electron chi connectivity index (χ0n) is 16.5. The van der Waals surface area contributed by atoms with Crippen LogP contribution in [-0.4, -0.2) is 45.6 Å². The number of hydrogen-bond acceptors (Lipinski definition) is 7. The summed E-state index contributed by atoms with van der Waals surface area (Å²) in [7, 11) is -2.89. The van der Waals surface area contributed by atoms with Gasteiger partial charge in [0, 0.05) is 0 Å². The van der Waals surface area contributed by atoms with Gasteiger partial charge >= 0.3 is 12.1 Å². The number of amides is 2. The Morgan fingerprint density at radius 1 is 1.07 bits per heavy atom. The van der Waals surface area contributed by atoms with Crippen molar-refractivity contribution >= 4 is 28.0 Å². The van der Waals surface area contributed by atoms with Gasteiger partial charge in [-0.25, -0.2) is 13.2 Å². The predicted molar refractivity (Wildman–Crippen MR) is 101 cm³/mol. The lowest BCUT2D eigenvalue weighted by atomic mass is 10.0. The van der Waals surface area contributed by atoms with Crippen LogP contribution in [0.15, 0.2) is 29.2 Å². The number of carbonyl (C=O) groups is 3. The van der Waals surface area contributed by atoms with E-state index in [1.165, 1.54) is 19.1 Å². The number of sulfonamides is 1. The van der Waals surface area contributed by atoms with Gasteiger partial charge in [-0.1, -0.05) is 31.5 Å². The highest BCUT2D eigenvalue weighted by Gasteiger charge is 2.30. The molecule has 0 radical (unpaired) electrons. The van der Waals surface area contributed by atoms with Gasteiger partial charge in [0.2, 0.25) is 10.0 Å². The third kappa shape index (κ3) is 7.28. The van der Waals surface area contributed by atoms with Gasteiger partial charge in [0.1, 0.15) is 6.04 Å². The molecule has 156 valence electrons. The summed E-state index contributed by atoms with van der Waals surface area (Å²) in [6, 6.07) is 4.95. The van der Waals surface area contributed by atoms with Crippen LogP contribution in [0.3, 0.4) is 0 Å². The van der Waals surface area contributed by atoms with Crippen LogP contribution in [0.4, 0.5) is 4.79 Å². The molecule has 28 heavy (non-hydrogen) atoms. The zero-order valence-corrected chi connectivity index (χ0v) is 17.3. The van der Waals surface area contributed by atoms with Crippen LogP contribution in [0.1, 0.15) is 32.8 Å². The Morgan fingerprint density at radius 2 is 1.64 bits per heavy atom. The molecule has 0 fully saturated rings. The molecule has 9 nitrogen and oxygen atoms in total. The summed E-state index contributed by atoms with van der Waals surface area (Å²) >= 11 is 0. The lowest BCUT2D eigenvalue weighted by Crippen LogP contribution is -2.46. The number of imide groups is 1. The topological polar surface area (TPSA) is 128 Å². The maximum absolute atomic E-state index is 12.6. The van der Waals surface area contributed by atoms with Crippen molar-refractivity contribution in [2.24, 2.45) is 5.92 Å². The molecule has 0 aliphatic carbocycles. The molecule has 0 saturated carbocycles. The Kier molecular flexibility index (Phi) is 8.58. The van der Waals surface area contributed by atoms with E-state index in [4.69, 9.17) is 4.74 Å². The Hall–Kier alpha value is -2.46. The standard InChI is InChI=1S/C18H26N2O7S/c1-11(2)10-15(17(22)27-13(4)16(21)19-18(23)26-5)20-28(24,25)14-8-6-12(3)7-9-14/h6-9,11,13,15,20H,10H2,1-5H3,(H,19,21,23)/t13-,15-/m0/s1. The van der Waals surface area contributed by atoms with Crippen LogP contribution < -0.4 is 10.0 Å². The summed E-state index contributed by atoms with van der Waals surface area (Å²) in [6.07, 6.45) is -2.15. The van der Waals surface area contributed by atoms with Crippen molar-refractivity contribution in [2.45, 2.75) is 51.2 Å². The molecular formula is C18H26N2O7S. The summed E-state index contributed by atoms with van der Waals surface area (Å²) in [6.45, 7) is 6.71. The fraction of sp³-hybridized carbons (Fsp3) is 0.500. The van der Waals surface area contributed by atoms with Crippen molar-refractivity contribution in [3.8, 4) is 0 Å². The van der Waals surface area contributed by atoms with E-state index in [1.54, 1.807) is 12.1 Å². The molecule has 0 saturated heterocycles. The Bertz CT molecular complexity index is 804. The maximum Gasteiger partial charge on any atom is 0.413 e. The Labute approximate surface area is 164 Å². The number of alkyl carbamates (subject to hydrolysis) is 1. The lowest BCUT2D eigenvalue weighted by molar-refractivity contribution is -0.156. The molecule has 0 aliphatic rings. The first-order chi connectivity index (χ1) is 13.0. The monoisotopic (exact) mass is 414 g/mol. The van der Waals surface area contributed by atoms with Crippen molar-refractivity contribution in [3.63, 3.8) is 0 Å². The third-order valence-electron chi connectivity index (χ3n) is 3.69. The average Bonchev–Trinajstić information content (AvgIpc) is 2.60. The molecule has 0 heterocycles. The van der Waals surface area contributed by atoms with Gasteiger partial charge in [-0.05, 0) is 38.3 Å². The van der Waals surface area contributed by atoms with E-state index in [1.807, 2.05) is 26.1 Å². The summed E-state index contributed by atoms with van der Waals surface area (Å²) in [5.41, 5.74) is 0.891. The minimum atomic E-state index is -3.97. The predicted octanol–water partition coefficient (Wildman–Crippen LogP) is 1.50. The minimum absolute atomic E-state index is 0.0103. The summed E-state index contributed by atoms with van der Waals surface area (Å²) in [5.74, 6) is -1.83. The Balaban J connectivity index is 2.91. The highest BCUT2D eigenvalue weighted by molar-refractivity contribution is 7.89. The molecule has 2 N–H and O–H groups in total. The van der Waals surface area contributed by atoms with Crippen LogP contribution in [0.25, 0.3) is 0 Å². The second-order valence-electron chi connectivity index (χ2n) is 6.68. The number of hydrogen-bond donors (Lipinski definition) is 2. The molecule has 1 aromatic carbocycles. The first-order valence-electron chi connectivity index (χ1n) is 8.64. The number of nitrogens with one attached hydrogen (secondary N) is 2. The maximum atomic E-state index is 12.6. The highest BCUT2D eigenvalue weighted by atomic mass is 32.2. The highest BCUT2D eigenvalue weighted by Crippen LogP contribution is 2.14. The molecule has 2 atom stereocenters. The molecule has 0 spiro atoms. The molecule has 1 aromatic rings. The summed E-state index contributed by atoms with van der Waals surface area (Å²) < 4.78 is 36.8. The van der Waals surface area contributed by atoms with E-state index >= 15 is 0 Å². The first kappa shape index (κ1) is 23.6. The minimum Gasteiger partial charge on any atom is -0.453 e. The fourth-order valence-corrected chi connectivity index (χ4v) is 3.40. The Morgan fingerprint density at radius 3 is 2.14 bits per heavy atom. The van der Waals surface area contributed by atoms with Crippen LogP contribution in [-0.2, 0) is 29.1 Å². The number of ether oxygens (including phenoxy) is 2. The normalized spacial score (nSPS) is 13.5. The summed E-state index contributed by atoms with van der Waals surface area (Å²) in [5, 5.41) is 1.88. The van der Waals surface area contributed by atoms with Gasteiger partial charge in [0.25, 0.3) is 5.91 Å². The quantitative estimate of drug-likeness (QED) is 0.617. The molecule has 10 heteroatoms.